The van der Waals surface area contributed by atoms with E-state index in [1.165, 1.54) is 13.8 Å². The van der Waals surface area contributed by atoms with Gasteiger partial charge in [0.25, 0.3) is 0 Å². The van der Waals surface area contributed by atoms with Crippen molar-refractivity contribution in [2.45, 2.75) is 24.9 Å². The molecule has 1 N–H and O–H groups in total. The van der Waals surface area contributed by atoms with Crippen LogP contribution in [0.3, 0.4) is 0 Å². The quantitative estimate of drug-likeness (QED) is 0.209. The van der Waals surface area contributed by atoms with Gasteiger partial charge in [-0.15, -0.1) is 11.6 Å². The molecule has 0 aromatic carbocycles. The van der Waals surface area contributed by atoms with Crippen LogP contribution in [0.1, 0.15) is 13.8 Å². The minimum absolute atomic E-state index is 0.900. The largest absolute Gasteiger partial charge is 0.389 e. The summed E-state index contributed by atoms with van der Waals surface area (Å²) in [6.07, 6.45) is 0. The van der Waals surface area contributed by atoms with Crippen LogP contribution < -0.4 is 0 Å². The van der Waals surface area contributed by atoms with Gasteiger partial charge < -0.3 is 5.11 Å². The SMILES string of the molecule is CC(C)(O)C(Cl)N=[N+]=[N-]. The van der Waals surface area contributed by atoms with Crippen LogP contribution in [0, 0.1) is 0 Å². The van der Waals surface area contributed by atoms with Gasteiger partial charge in [-0.25, -0.2) is 0 Å². The predicted molar refractivity (Wildman–Crippen MR) is 35.1 cm³/mol. The smallest absolute Gasteiger partial charge is 0.140 e. The van der Waals surface area contributed by atoms with Gasteiger partial charge in [-0.2, -0.15) is 0 Å². The number of aliphatic hydroxyl groups is 1. The maximum absolute atomic E-state index is 9.02. The van der Waals surface area contributed by atoms with Crippen molar-refractivity contribution >= 4 is 11.6 Å². The number of hydrogen-bond donors (Lipinski definition) is 1. The monoisotopic (exact) mass is 149 g/mol. The molecule has 0 aliphatic carbocycles. The highest BCUT2D eigenvalue weighted by atomic mass is 35.5. The van der Waals surface area contributed by atoms with E-state index in [4.69, 9.17) is 22.2 Å². The summed E-state index contributed by atoms with van der Waals surface area (Å²) >= 11 is 5.39. The average Bonchev–Trinajstić information content (AvgIpc) is 1.64. The molecule has 0 saturated heterocycles. The topological polar surface area (TPSA) is 69.0 Å². The standard InChI is InChI=1S/C4H8ClN3O/c1-4(2,9)3(5)7-8-6/h3,9H,1-2H3. The fourth-order valence-electron chi connectivity index (χ4n) is 0.187. The minimum atomic E-state index is -1.15. The van der Waals surface area contributed by atoms with Gasteiger partial charge in [0.2, 0.25) is 0 Å². The zero-order valence-electron chi connectivity index (χ0n) is 5.24. The maximum atomic E-state index is 9.02. The third kappa shape index (κ3) is 3.19. The highest BCUT2D eigenvalue weighted by molar-refractivity contribution is 6.21. The van der Waals surface area contributed by atoms with Gasteiger partial charge in [-0.1, -0.05) is 5.11 Å². The lowest BCUT2D eigenvalue weighted by atomic mass is 10.1. The lowest BCUT2D eigenvalue weighted by Gasteiger charge is -2.18. The Morgan fingerprint density at radius 3 is 2.33 bits per heavy atom. The van der Waals surface area contributed by atoms with E-state index >= 15 is 0 Å². The second-order valence-corrected chi connectivity index (χ2v) is 2.61. The van der Waals surface area contributed by atoms with Crippen LogP contribution in [0.5, 0.6) is 0 Å². The Morgan fingerprint density at radius 2 is 2.22 bits per heavy atom. The van der Waals surface area contributed by atoms with Crippen molar-refractivity contribution in [3.63, 3.8) is 0 Å². The van der Waals surface area contributed by atoms with Gasteiger partial charge in [-0.05, 0) is 19.4 Å². The highest BCUT2D eigenvalue weighted by Crippen LogP contribution is 2.15. The molecule has 1 atom stereocenters. The summed E-state index contributed by atoms with van der Waals surface area (Å²) < 4.78 is 0. The van der Waals surface area contributed by atoms with E-state index < -0.39 is 11.1 Å². The fraction of sp³-hybridized carbons (Fsp3) is 1.00. The maximum Gasteiger partial charge on any atom is 0.140 e. The number of nitrogens with zero attached hydrogens (tertiary/aromatic N) is 3. The summed E-state index contributed by atoms with van der Waals surface area (Å²) in [6.45, 7) is 2.94. The molecule has 0 saturated carbocycles. The van der Waals surface area contributed by atoms with Crippen molar-refractivity contribution in [3.05, 3.63) is 10.4 Å². The first kappa shape index (κ1) is 8.56. The van der Waals surface area contributed by atoms with E-state index in [-0.39, 0.29) is 0 Å². The molecule has 0 aliphatic heterocycles. The van der Waals surface area contributed by atoms with Crippen molar-refractivity contribution in [1.82, 2.24) is 0 Å². The Morgan fingerprint density at radius 1 is 1.78 bits per heavy atom. The molecule has 0 aromatic rings. The number of alkyl halides is 1. The normalized spacial score (nSPS) is 14.2. The summed E-state index contributed by atoms with van der Waals surface area (Å²) in [5.41, 5.74) is 5.82. The fourth-order valence-corrected chi connectivity index (χ4v) is 0.226. The van der Waals surface area contributed by atoms with Crippen LogP contribution >= 0.6 is 11.6 Å². The molecular weight excluding hydrogens is 142 g/mol. The van der Waals surface area contributed by atoms with Crippen molar-refractivity contribution in [2.24, 2.45) is 5.11 Å². The number of rotatable bonds is 2. The minimum Gasteiger partial charge on any atom is -0.389 e. The molecule has 4 nitrogen and oxygen atoms in total. The predicted octanol–water partition coefficient (Wildman–Crippen LogP) is 1.63. The third-order valence-electron chi connectivity index (χ3n) is 0.736. The molecule has 0 bridgehead atoms. The van der Waals surface area contributed by atoms with E-state index in [1.807, 2.05) is 0 Å². The first-order chi connectivity index (χ1) is 3.98. The van der Waals surface area contributed by atoms with Crippen LogP contribution in [0.4, 0.5) is 0 Å². The van der Waals surface area contributed by atoms with Gasteiger partial charge >= 0.3 is 0 Å². The Kier molecular flexibility index (Phi) is 2.77. The highest BCUT2D eigenvalue weighted by Gasteiger charge is 2.22. The molecular formula is C4H8ClN3O. The Balaban J connectivity index is 4.03. The van der Waals surface area contributed by atoms with Crippen molar-refractivity contribution in [3.8, 4) is 0 Å². The summed E-state index contributed by atoms with van der Waals surface area (Å²) in [5.74, 6) is 0. The lowest BCUT2D eigenvalue weighted by molar-refractivity contribution is 0.0772. The van der Waals surface area contributed by atoms with Gasteiger partial charge in [0.05, 0.1) is 5.60 Å². The van der Waals surface area contributed by atoms with Crippen LogP contribution in [0.2, 0.25) is 0 Å². The van der Waals surface area contributed by atoms with E-state index in [0.717, 1.165) is 0 Å². The van der Waals surface area contributed by atoms with Crippen LogP contribution in [0.25, 0.3) is 10.4 Å². The summed E-state index contributed by atoms with van der Waals surface area (Å²) in [5, 5.41) is 12.1. The number of hydrogen-bond acceptors (Lipinski definition) is 2. The second-order valence-electron chi connectivity index (χ2n) is 2.19. The molecule has 52 valence electrons. The number of halogens is 1. The van der Waals surface area contributed by atoms with Crippen LogP contribution in [0.15, 0.2) is 5.11 Å². The first-order valence-corrected chi connectivity index (χ1v) is 2.83. The molecule has 0 aliphatic rings. The molecule has 0 fully saturated rings. The molecule has 0 heterocycles. The summed E-state index contributed by atoms with van der Waals surface area (Å²) in [7, 11) is 0. The van der Waals surface area contributed by atoms with Crippen molar-refractivity contribution in [1.29, 1.82) is 0 Å². The van der Waals surface area contributed by atoms with E-state index in [9.17, 15) is 0 Å². The van der Waals surface area contributed by atoms with E-state index in [0.29, 0.717) is 0 Å². The first-order valence-electron chi connectivity index (χ1n) is 2.39. The molecule has 0 rings (SSSR count). The molecule has 1 unspecified atom stereocenters. The van der Waals surface area contributed by atoms with Crippen LogP contribution in [-0.4, -0.2) is 16.2 Å². The number of azide groups is 1. The Bertz CT molecular complexity index is 135. The molecule has 0 radical (unpaired) electrons. The molecule has 0 spiro atoms. The average molecular weight is 150 g/mol. The molecule has 0 aromatic heterocycles. The molecule has 9 heavy (non-hydrogen) atoms. The second kappa shape index (κ2) is 2.92. The van der Waals surface area contributed by atoms with Crippen LogP contribution in [-0.2, 0) is 0 Å². The molecule has 0 amide bonds. The Hall–Kier alpha value is -0.440. The van der Waals surface area contributed by atoms with Gasteiger partial charge in [0.1, 0.15) is 5.50 Å². The molecule has 5 heteroatoms. The van der Waals surface area contributed by atoms with Gasteiger partial charge in [0, 0.05) is 4.91 Å². The van der Waals surface area contributed by atoms with E-state index in [2.05, 4.69) is 10.0 Å². The summed E-state index contributed by atoms with van der Waals surface area (Å²) in [4.78, 5) is 2.44. The summed E-state index contributed by atoms with van der Waals surface area (Å²) in [6, 6.07) is 0. The van der Waals surface area contributed by atoms with Crippen molar-refractivity contribution in [2.75, 3.05) is 0 Å². The van der Waals surface area contributed by atoms with Gasteiger partial charge in [-0.3, -0.25) is 0 Å². The lowest BCUT2D eigenvalue weighted by Crippen LogP contribution is -2.29. The third-order valence-corrected chi connectivity index (χ3v) is 1.36. The van der Waals surface area contributed by atoms with Crippen molar-refractivity contribution < 1.29 is 5.11 Å². The Labute approximate surface area is 58.1 Å². The van der Waals surface area contributed by atoms with E-state index in [1.54, 1.807) is 0 Å². The zero-order valence-corrected chi connectivity index (χ0v) is 6.00. The van der Waals surface area contributed by atoms with Gasteiger partial charge in [0.15, 0.2) is 0 Å². The zero-order chi connectivity index (χ0) is 7.49.